The number of hydrogen-bond donors (Lipinski definition) is 1. The molecule has 0 aromatic heterocycles. The van der Waals surface area contributed by atoms with Crippen molar-refractivity contribution in [3.05, 3.63) is 69.5 Å². The van der Waals surface area contributed by atoms with E-state index in [1.54, 1.807) is 31.2 Å². The van der Waals surface area contributed by atoms with Gasteiger partial charge in [0.25, 0.3) is 5.69 Å². The van der Waals surface area contributed by atoms with Crippen LogP contribution in [0, 0.1) is 15.9 Å². The van der Waals surface area contributed by atoms with E-state index in [4.69, 9.17) is 10.5 Å². The normalized spacial score (nSPS) is 12.0. The molecular weight excluding hydrogens is 275 g/mol. The van der Waals surface area contributed by atoms with Crippen molar-refractivity contribution in [2.24, 2.45) is 5.73 Å². The molecule has 0 bridgehead atoms. The van der Waals surface area contributed by atoms with Gasteiger partial charge in [0.05, 0.1) is 4.92 Å². The maximum absolute atomic E-state index is 13.7. The zero-order valence-electron chi connectivity index (χ0n) is 11.5. The molecule has 0 aliphatic rings. The molecule has 0 saturated heterocycles. The Bertz CT molecular complexity index is 659. The van der Waals surface area contributed by atoms with Crippen molar-refractivity contribution < 1.29 is 14.1 Å². The van der Waals surface area contributed by atoms with Gasteiger partial charge in [0.2, 0.25) is 0 Å². The Hall–Kier alpha value is -2.47. The summed E-state index contributed by atoms with van der Waals surface area (Å²) in [6.07, 6.45) is 0. The highest BCUT2D eigenvalue weighted by molar-refractivity contribution is 5.35. The summed E-state index contributed by atoms with van der Waals surface area (Å²) in [5.41, 5.74) is 6.68. The molecule has 5 nitrogen and oxygen atoms in total. The van der Waals surface area contributed by atoms with Gasteiger partial charge in [-0.05, 0) is 18.6 Å². The number of nitrogens with two attached hydrogens (primary N) is 1. The van der Waals surface area contributed by atoms with Crippen LogP contribution < -0.4 is 10.5 Å². The van der Waals surface area contributed by atoms with Gasteiger partial charge in [0.1, 0.15) is 18.2 Å². The highest BCUT2D eigenvalue weighted by Crippen LogP contribution is 2.22. The average molecular weight is 290 g/mol. The van der Waals surface area contributed by atoms with E-state index < -0.39 is 16.8 Å². The summed E-state index contributed by atoms with van der Waals surface area (Å²) < 4.78 is 19.2. The number of benzene rings is 2. The first kappa shape index (κ1) is 14.9. The molecule has 0 heterocycles. The van der Waals surface area contributed by atoms with Gasteiger partial charge in [-0.1, -0.05) is 18.2 Å². The molecular formula is C15H15FN2O3. The lowest BCUT2D eigenvalue weighted by molar-refractivity contribution is -0.384. The number of nitro benzene ring substituents is 1. The number of nitro groups is 1. The summed E-state index contributed by atoms with van der Waals surface area (Å²) in [4.78, 5) is 10.2. The molecule has 0 aliphatic heterocycles. The molecule has 0 spiro atoms. The summed E-state index contributed by atoms with van der Waals surface area (Å²) in [6.45, 7) is 1.82. The van der Waals surface area contributed by atoms with Gasteiger partial charge < -0.3 is 10.5 Å². The molecule has 0 fully saturated rings. The summed E-state index contributed by atoms with van der Waals surface area (Å²) in [5.74, 6) is -0.0788. The van der Waals surface area contributed by atoms with Crippen molar-refractivity contribution in [2.45, 2.75) is 19.6 Å². The quantitative estimate of drug-likeness (QED) is 0.676. The molecule has 2 N–H and O–H groups in total. The first-order valence-corrected chi connectivity index (χ1v) is 6.38. The van der Waals surface area contributed by atoms with Crippen molar-refractivity contribution in [3.63, 3.8) is 0 Å². The Morgan fingerprint density at radius 1 is 1.33 bits per heavy atom. The fourth-order valence-corrected chi connectivity index (χ4v) is 1.89. The summed E-state index contributed by atoms with van der Waals surface area (Å²) in [7, 11) is 0. The van der Waals surface area contributed by atoms with E-state index in [9.17, 15) is 14.5 Å². The third-order valence-corrected chi connectivity index (χ3v) is 2.99. The van der Waals surface area contributed by atoms with Crippen LogP contribution in [-0.2, 0) is 6.61 Å². The zero-order chi connectivity index (χ0) is 15.4. The fraction of sp³-hybridized carbons (Fsp3) is 0.200. The molecule has 1 atom stereocenters. The Morgan fingerprint density at radius 3 is 2.71 bits per heavy atom. The molecule has 2 aromatic carbocycles. The van der Waals surface area contributed by atoms with E-state index in [1.165, 1.54) is 18.2 Å². The molecule has 0 amide bonds. The van der Waals surface area contributed by atoms with Gasteiger partial charge in [-0.15, -0.1) is 0 Å². The highest BCUT2D eigenvalue weighted by atomic mass is 19.1. The van der Waals surface area contributed by atoms with Gasteiger partial charge in [-0.25, -0.2) is 4.39 Å². The van der Waals surface area contributed by atoms with Gasteiger partial charge in [-0.2, -0.15) is 0 Å². The molecule has 6 heteroatoms. The maximum Gasteiger partial charge on any atom is 0.269 e. The van der Waals surface area contributed by atoms with Crippen LogP contribution >= 0.6 is 0 Å². The van der Waals surface area contributed by atoms with Crippen LogP contribution in [0.1, 0.15) is 24.1 Å². The summed E-state index contributed by atoms with van der Waals surface area (Å²) in [5, 5.41) is 10.7. The first-order chi connectivity index (χ1) is 9.97. The second kappa shape index (κ2) is 6.32. The average Bonchev–Trinajstić information content (AvgIpc) is 2.45. The Balaban J connectivity index is 2.08. The van der Waals surface area contributed by atoms with Crippen molar-refractivity contribution >= 4 is 5.69 Å². The minimum atomic E-state index is -0.472. The van der Waals surface area contributed by atoms with Crippen molar-refractivity contribution in [1.82, 2.24) is 0 Å². The molecule has 0 aliphatic carbocycles. The second-order valence-electron chi connectivity index (χ2n) is 4.69. The van der Waals surface area contributed by atoms with Crippen LogP contribution in [0.4, 0.5) is 10.1 Å². The van der Waals surface area contributed by atoms with Crippen LogP contribution in [0.2, 0.25) is 0 Å². The zero-order valence-corrected chi connectivity index (χ0v) is 11.5. The molecule has 110 valence electrons. The topological polar surface area (TPSA) is 78.4 Å². The molecule has 0 unspecified atom stereocenters. The maximum atomic E-state index is 13.7. The Labute approximate surface area is 121 Å². The van der Waals surface area contributed by atoms with E-state index in [0.29, 0.717) is 16.9 Å². The molecule has 0 radical (unpaired) electrons. The lowest BCUT2D eigenvalue weighted by atomic mass is 10.1. The molecule has 21 heavy (non-hydrogen) atoms. The van der Waals surface area contributed by atoms with Gasteiger partial charge in [0.15, 0.2) is 0 Å². The molecule has 2 aromatic rings. The Kier molecular flexibility index (Phi) is 4.49. The van der Waals surface area contributed by atoms with E-state index in [1.807, 2.05) is 0 Å². The van der Waals surface area contributed by atoms with Crippen LogP contribution in [0.5, 0.6) is 5.75 Å². The van der Waals surface area contributed by atoms with Crippen LogP contribution in [-0.4, -0.2) is 4.92 Å². The van der Waals surface area contributed by atoms with Crippen molar-refractivity contribution in [2.75, 3.05) is 0 Å². The number of nitrogens with zero attached hydrogens (tertiary/aromatic N) is 1. The molecule has 0 saturated carbocycles. The number of hydrogen-bond acceptors (Lipinski definition) is 4. The second-order valence-corrected chi connectivity index (χ2v) is 4.69. The van der Waals surface area contributed by atoms with Crippen LogP contribution in [0.3, 0.4) is 0 Å². The Morgan fingerprint density at radius 2 is 2.10 bits per heavy atom. The number of halogens is 1. The third-order valence-electron chi connectivity index (χ3n) is 2.99. The third kappa shape index (κ3) is 3.76. The van der Waals surface area contributed by atoms with Gasteiger partial charge in [-0.3, -0.25) is 10.1 Å². The molecule has 2 rings (SSSR count). The van der Waals surface area contributed by atoms with Crippen LogP contribution in [0.15, 0.2) is 42.5 Å². The standard InChI is InChI=1S/C15H15FN2O3/c1-10(17)14-6-5-13(8-15(14)16)21-9-11-3-2-4-12(7-11)18(19)20/h2-8,10H,9,17H2,1H3/t10-/m0/s1. The largest absolute Gasteiger partial charge is 0.489 e. The number of non-ortho nitro benzene ring substituents is 1. The van der Waals surface area contributed by atoms with Gasteiger partial charge >= 0.3 is 0 Å². The van der Waals surface area contributed by atoms with E-state index in [-0.39, 0.29) is 12.3 Å². The smallest absolute Gasteiger partial charge is 0.269 e. The number of ether oxygens (including phenoxy) is 1. The first-order valence-electron chi connectivity index (χ1n) is 6.38. The van der Waals surface area contributed by atoms with E-state index in [0.717, 1.165) is 0 Å². The highest BCUT2D eigenvalue weighted by Gasteiger charge is 2.09. The van der Waals surface area contributed by atoms with Crippen molar-refractivity contribution in [1.29, 1.82) is 0 Å². The number of rotatable bonds is 5. The van der Waals surface area contributed by atoms with Crippen molar-refractivity contribution in [3.8, 4) is 5.75 Å². The minimum Gasteiger partial charge on any atom is -0.489 e. The van der Waals surface area contributed by atoms with E-state index >= 15 is 0 Å². The lowest BCUT2D eigenvalue weighted by Crippen LogP contribution is -2.07. The summed E-state index contributed by atoms with van der Waals surface area (Å²) >= 11 is 0. The fourth-order valence-electron chi connectivity index (χ4n) is 1.89. The predicted molar refractivity (Wildman–Crippen MR) is 76.4 cm³/mol. The lowest BCUT2D eigenvalue weighted by Gasteiger charge is -2.10. The minimum absolute atomic E-state index is 0.00501. The van der Waals surface area contributed by atoms with Crippen LogP contribution in [0.25, 0.3) is 0 Å². The van der Waals surface area contributed by atoms with E-state index in [2.05, 4.69) is 0 Å². The monoisotopic (exact) mass is 290 g/mol. The predicted octanol–water partition coefficient (Wildman–Crippen LogP) is 3.33. The van der Waals surface area contributed by atoms with Gasteiger partial charge in [0, 0.05) is 29.8 Å². The SMILES string of the molecule is C[C@H](N)c1ccc(OCc2cccc([N+](=O)[O-])c2)cc1F. The summed E-state index contributed by atoms with van der Waals surface area (Å²) in [6, 6.07) is 10.2.